The smallest absolute Gasteiger partial charge is 0.195 e. The molecular formula is C7H9BrN2O. The van der Waals surface area contributed by atoms with Crippen LogP contribution in [0.1, 0.15) is 23.2 Å². The Labute approximate surface area is 73.6 Å². The highest BCUT2D eigenvalue weighted by Crippen LogP contribution is 2.16. The minimum Gasteiger partial charge on any atom is -0.319 e. The average Bonchev–Trinajstić information content (AvgIpc) is 2.17. The molecule has 1 rings (SSSR count). The van der Waals surface area contributed by atoms with Crippen LogP contribution in [-0.4, -0.2) is 15.3 Å². The Morgan fingerprint density at radius 1 is 1.64 bits per heavy atom. The van der Waals surface area contributed by atoms with Gasteiger partial charge in [-0.1, -0.05) is 0 Å². The Morgan fingerprint density at radius 3 is 2.36 bits per heavy atom. The van der Waals surface area contributed by atoms with Crippen molar-refractivity contribution >= 4 is 21.7 Å². The van der Waals surface area contributed by atoms with Crippen LogP contribution in [0.15, 0.2) is 4.60 Å². The first-order valence-electron chi connectivity index (χ1n) is 3.23. The van der Waals surface area contributed by atoms with Crippen molar-refractivity contribution in [2.24, 2.45) is 7.05 Å². The van der Waals surface area contributed by atoms with Gasteiger partial charge >= 0.3 is 0 Å². The van der Waals surface area contributed by atoms with E-state index in [2.05, 4.69) is 20.9 Å². The zero-order chi connectivity index (χ0) is 8.59. The summed E-state index contributed by atoms with van der Waals surface area (Å²) in [5.74, 6) is 0.482. The summed E-state index contributed by atoms with van der Waals surface area (Å²) >= 11 is 3.32. The molecule has 0 aliphatic carbocycles. The van der Waals surface area contributed by atoms with Crippen molar-refractivity contribution in [3.63, 3.8) is 0 Å². The van der Waals surface area contributed by atoms with Gasteiger partial charge in [0, 0.05) is 14.0 Å². The van der Waals surface area contributed by atoms with E-state index in [9.17, 15) is 4.79 Å². The van der Waals surface area contributed by atoms with Gasteiger partial charge in [-0.3, -0.25) is 4.79 Å². The molecule has 4 heteroatoms. The van der Waals surface area contributed by atoms with Gasteiger partial charge in [0.2, 0.25) is 0 Å². The Morgan fingerprint density at radius 2 is 2.18 bits per heavy atom. The van der Waals surface area contributed by atoms with Crippen molar-refractivity contribution in [2.45, 2.75) is 13.8 Å². The number of hydrogen-bond donors (Lipinski definition) is 0. The van der Waals surface area contributed by atoms with Crippen LogP contribution in [0.3, 0.4) is 0 Å². The van der Waals surface area contributed by atoms with Crippen molar-refractivity contribution in [2.75, 3.05) is 0 Å². The second kappa shape index (κ2) is 2.77. The fourth-order valence-corrected chi connectivity index (χ4v) is 1.19. The van der Waals surface area contributed by atoms with E-state index in [4.69, 9.17) is 0 Å². The average molecular weight is 217 g/mol. The van der Waals surface area contributed by atoms with Crippen LogP contribution in [0.5, 0.6) is 0 Å². The number of aryl methyl sites for hydroxylation is 1. The van der Waals surface area contributed by atoms with Crippen molar-refractivity contribution in [3.8, 4) is 0 Å². The van der Waals surface area contributed by atoms with Gasteiger partial charge in [-0.05, 0) is 22.9 Å². The number of hydrogen-bond acceptors (Lipinski definition) is 2. The lowest BCUT2D eigenvalue weighted by Crippen LogP contribution is -2.02. The van der Waals surface area contributed by atoms with Crippen molar-refractivity contribution in [1.29, 1.82) is 0 Å². The minimum atomic E-state index is -0.0127. The van der Waals surface area contributed by atoms with Crippen LogP contribution in [0.25, 0.3) is 0 Å². The number of rotatable bonds is 1. The molecule has 60 valence electrons. The minimum absolute atomic E-state index is 0.0127. The van der Waals surface area contributed by atoms with E-state index < -0.39 is 0 Å². The summed E-state index contributed by atoms with van der Waals surface area (Å²) in [5.41, 5.74) is 0.845. The molecule has 1 aromatic rings. The van der Waals surface area contributed by atoms with Gasteiger partial charge in [0.1, 0.15) is 4.60 Å². The molecule has 0 bridgehead atoms. The zero-order valence-corrected chi connectivity index (χ0v) is 8.27. The maximum absolute atomic E-state index is 10.9. The SMILES string of the molecule is CC(=O)c1nc(C)c(Br)n1C. The number of nitrogens with zero attached hydrogens (tertiary/aromatic N) is 2. The Kier molecular flexibility index (Phi) is 2.13. The largest absolute Gasteiger partial charge is 0.319 e. The lowest BCUT2D eigenvalue weighted by Gasteiger charge is -1.95. The highest BCUT2D eigenvalue weighted by atomic mass is 79.9. The van der Waals surface area contributed by atoms with Crippen LogP contribution in [0.2, 0.25) is 0 Å². The van der Waals surface area contributed by atoms with Crippen molar-refractivity contribution < 1.29 is 4.79 Å². The summed E-state index contributed by atoms with van der Waals surface area (Å²) in [6, 6.07) is 0. The summed E-state index contributed by atoms with van der Waals surface area (Å²) in [4.78, 5) is 15.0. The van der Waals surface area contributed by atoms with E-state index in [1.807, 2.05) is 6.92 Å². The molecule has 0 N–H and O–H groups in total. The van der Waals surface area contributed by atoms with Crippen molar-refractivity contribution in [1.82, 2.24) is 9.55 Å². The van der Waals surface area contributed by atoms with Gasteiger partial charge < -0.3 is 4.57 Å². The highest BCUT2D eigenvalue weighted by Gasteiger charge is 2.11. The Hall–Kier alpha value is -0.640. The van der Waals surface area contributed by atoms with Gasteiger partial charge in [0.05, 0.1) is 5.69 Å². The lowest BCUT2D eigenvalue weighted by atomic mass is 10.4. The molecule has 0 aromatic carbocycles. The Bertz CT molecular complexity index is 304. The number of aromatic nitrogens is 2. The van der Waals surface area contributed by atoms with E-state index in [0.717, 1.165) is 10.3 Å². The van der Waals surface area contributed by atoms with Gasteiger partial charge in [-0.25, -0.2) is 4.98 Å². The maximum Gasteiger partial charge on any atom is 0.195 e. The molecule has 1 aromatic heterocycles. The molecule has 3 nitrogen and oxygen atoms in total. The highest BCUT2D eigenvalue weighted by molar-refractivity contribution is 9.10. The normalized spacial score (nSPS) is 10.2. The van der Waals surface area contributed by atoms with Gasteiger partial charge in [-0.15, -0.1) is 0 Å². The van der Waals surface area contributed by atoms with Crippen LogP contribution in [0, 0.1) is 6.92 Å². The molecule has 0 aliphatic rings. The zero-order valence-electron chi connectivity index (χ0n) is 6.68. The lowest BCUT2D eigenvalue weighted by molar-refractivity contribution is 0.100. The molecule has 1 heterocycles. The summed E-state index contributed by atoms with van der Waals surface area (Å²) in [7, 11) is 1.81. The summed E-state index contributed by atoms with van der Waals surface area (Å²) in [6.07, 6.45) is 0. The number of carbonyl (C=O) groups is 1. The van der Waals surface area contributed by atoms with E-state index in [-0.39, 0.29) is 5.78 Å². The second-order valence-electron chi connectivity index (χ2n) is 2.43. The number of halogens is 1. The molecule has 0 amide bonds. The number of imidazole rings is 1. The second-order valence-corrected chi connectivity index (χ2v) is 3.18. The van der Waals surface area contributed by atoms with E-state index in [1.165, 1.54) is 6.92 Å². The first kappa shape index (κ1) is 8.46. The predicted octanol–water partition coefficient (Wildman–Crippen LogP) is 1.69. The van der Waals surface area contributed by atoms with Crippen LogP contribution >= 0.6 is 15.9 Å². The maximum atomic E-state index is 10.9. The first-order chi connectivity index (χ1) is 5.04. The molecule has 0 saturated carbocycles. The molecule has 0 saturated heterocycles. The first-order valence-corrected chi connectivity index (χ1v) is 4.03. The molecule has 0 spiro atoms. The van der Waals surface area contributed by atoms with Gasteiger partial charge in [0.15, 0.2) is 11.6 Å². The quantitative estimate of drug-likeness (QED) is 0.671. The monoisotopic (exact) mass is 216 g/mol. The van der Waals surface area contributed by atoms with E-state index in [1.54, 1.807) is 11.6 Å². The third kappa shape index (κ3) is 1.35. The summed E-state index contributed by atoms with van der Waals surface area (Å²) < 4.78 is 2.60. The van der Waals surface area contributed by atoms with E-state index >= 15 is 0 Å². The molecule has 0 aliphatic heterocycles. The fourth-order valence-electron chi connectivity index (χ4n) is 0.931. The molecule has 0 radical (unpaired) electrons. The molecule has 11 heavy (non-hydrogen) atoms. The third-order valence-corrected chi connectivity index (χ3v) is 2.61. The standard InChI is InChI=1S/C7H9BrN2O/c1-4-6(8)10(3)7(9-4)5(2)11/h1-3H3. The van der Waals surface area contributed by atoms with Gasteiger partial charge in [-0.2, -0.15) is 0 Å². The molecule has 0 unspecified atom stereocenters. The van der Waals surface area contributed by atoms with Crippen LogP contribution in [0.4, 0.5) is 0 Å². The third-order valence-electron chi connectivity index (χ3n) is 1.50. The molecule has 0 fully saturated rings. The fraction of sp³-hybridized carbons (Fsp3) is 0.429. The number of ketones is 1. The van der Waals surface area contributed by atoms with Crippen molar-refractivity contribution in [3.05, 3.63) is 16.1 Å². The summed E-state index contributed by atoms with van der Waals surface area (Å²) in [5, 5.41) is 0. The van der Waals surface area contributed by atoms with E-state index in [0.29, 0.717) is 5.82 Å². The predicted molar refractivity (Wildman–Crippen MR) is 45.6 cm³/mol. The molecular weight excluding hydrogens is 208 g/mol. The van der Waals surface area contributed by atoms with Gasteiger partial charge in [0.25, 0.3) is 0 Å². The Balaban J connectivity index is 3.29. The molecule has 0 atom stereocenters. The number of Topliss-reactive ketones (excluding diaryl/α,β-unsaturated/α-hetero) is 1. The summed E-state index contributed by atoms with van der Waals surface area (Å²) in [6.45, 7) is 3.37. The van der Waals surface area contributed by atoms with Crippen LogP contribution in [-0.2, 0) is 7.05 Å². The topological polar surface area (TPSA) is 34.9 Å². The number of carbonyl (C=O) groups excluding carboxylic acids is 1. The van der Waals surface area contributed by atoms with Crippen LogP contribution < -0.4 is 0 Å².